The Morgan fingerprint density at radius 3 is 2.89 bits per heavy atom. The van der Waals surface area contributed by atoms with Gasteiger partial charge >= 0.3 is 5.97 Å². The summed E-state index contributed by atoms with van der Waals surface area (Å²) in [7, 11) is -4.08. The van der Waals surface area contributed by atoms with Crippen molar-refractivity contribution in [1.82, 2.24) is 9.29 Å². The van der Waals surface area contributed by atoms with Crippen molar-refractivity contribution in [3.63, 3.8) is 0 Å². The lowest BCUT2D eigenvalue weighted by Gasteiger charge is -2.29. The highest BCUT2D eigenvalue weighted by Gasteiger charge is 2.35. The summed E-state index contributed by atoms with van der Waals surface area (Å²) in [4.78, 5) is 14.5. The molecular formula is C11H13FN2O4S. The zero-order valence-corrected chi connectivity index (χ0v) is 10.8. The standard InChI is InChI=1S/C11H13FN2O4S/c12-9-4-1-5-13-10(9)19(17,18)14-6-2-3-8(7-14)11(15)16/h1,4-5,8H,2-3,6-7H2,(H,15,16)/t8-/m1/s1. The van der Waals surface area contributed by atoms with Crippen LogP contribution in [0.2, 0.25) is 0 Å². The first-order valence-electron chi connectivity index (χ1n) is 5.76. The molecule has 1 aromatic rings. The van der Waals surface area contributed by atoms with Crippen molar-refractivity contribution in [3.05, 3.63) is 24.1 Å². The fourth-order valence-corrected chi connectivity index (χ4v) is 3.54. The lowest BCUT2D eigenvalue weighted by atomic mass is 10.0. The third-order valence-corrected chi connectivity index (χ3v) is 4.84. The van der Waals surface area contributed by atoms with Crippen LogP contribution in [0.25, 0.3) is 0 Å². The van der Waals surface area contributed by atoms with Crippen LogP contribution < -0.4 is 0 Å². The third kappa shape index (κ3) is 2.74. The number of sulfonamides is 1. The molecule has 8 heteroatoms. The predicted octanol–water partition coefficient (Wildman–Crippen LogP) is 0.706. The molecular weight excluding hydrogens is 275 g/mol. The van der Waals surface area contributed by atoms with Crippen molar-refractivity contribution < 1.29 is 22.7 Å². The molecule has 1 saturated heterocycles. The van der Waals surface area contributed by atoms with Gasteiger partial charge < -0.3 is 5.11 Å². The number of nitrogens with zero attached hydrogens (tertiary/aromatic N) is 2. The molecule has 0 aromatic carbocycles. The summed E-state index contributed by atoms with van der Waals surface area (Å²) >= 11 is 0. The lowest BCUT2D eigenvalue weighted by Crippen LogP contribution is -2.42. The highest BCUT2D eigenvalue weighted by atomic mass is 32.2. The Labute approximate surface area is 109 Å². The number of carboxylic acids is 1. The number of halogens is 1. The monoisotopic (exact) mass is 288 g/mol. The Bertz CT molecular complexity index is 590. The van der Waals surface area contributed by atoms with Gasteiger partial charge in [0.05, 0.1) is 5.92 Å². The fourth-order valence-electron chi connectivity index (χ4n) is 2.05. The van der Waals surface area contributed by atoms with Gasteiger partial charge in [-0.25, -0.2) is 17.8 Å². The molecule has 1 atom stereocenters. The van der Waals surface area contributed by atoms with E-state index in [0.29, 0.717) is 12.8 Å². The summed E-state index contributed by atoms with van der Waals surface area (Å²) in [6.45, 7) is 0.0375. The zero-order valence-electron chi connectivity index (χ0n) is 9.99. The highest BCUT2D eigenvalue weighted by Crippen LogP contribution is 2.24. The van der Waals surface area contributed by atoms with Gasteiger partial charge in [0.2, 0.25) is 5.03 Å². The van der Waals surface area contributed by atoms with Crippen LogP contribution in [-0.2, 0) is 14.8 Å². The van der Waals surface area contributed by atoms with E-state index >= 15 is 0 Å². The lowest BCUT2D eigenvalue weighted by molar-refractivity contribution is -0.142. The van der Waals surface area contributed by atoms with E-state index in [9.17, 15) is 17.6 Å². The largest absolute Gasteiger partial charge is 0.481 e. The van der Waals surface area contributed by atoms with Gasteiger partial charge in [-0.2, -0.15) is 4.31 Å². The van der Waals surface area contributed by atoms with Crippen molar-refractivity contribution in [2.45, 2.75) is 17.9 Å². The SMILES string of the molecule is O=C(O)[C@@H]1CCCN(S(=O)(=O)c2ncccc2F)C1. The Morgan fingerprint density at radius 2 is 2.26 bits per heavy atom. The van der Waals surface area contributed by atoms with Gasteiger partial charge in [0, 0.05) is 19.3 Å². The van der Waals surface area contributed by atoms with Crippen LogP contribution in [0, 0.1) is 11.7 Å². The van der Waals surface area contributed by atoms with E-state index in [2.05, 4.69) is 4.98 Å². The van der Waals surface area contributed by atoms with Gasteiger partial charge in [0.25, 0.3) is 10.0 Å². The molecule has 0 amide bonds. The maximum absolute atomic E-state index is 13.5. The first-order chi connectivity index (χ1) is 8.93. The van der Waals surface area contributed by atoms with Gasteiger partial charge in [0.15, 0.2) is 5.82 Å². The molecule has 0 radical (unpaired) electrons. The number of aliphatic carboxylic acids is 1. The Morgan fingerprint density at radius 1 is 1.53 bits per heavy atom. The molecule has 6 nitrogen and oxygen atoms in total. The van der Waals surface area contributed by atoms with Crippen LogP contribution in [0.1, 0.15) is 12.8 Å². The van der Waals surface area contributed by atoms with E-state index in [4.69, 9.17) is 5.11 Å². The molecule has 1 aromatic heterocycles. The van der Waals surface area contributed by atoms with Gasteiger partial charge in [-0.15, -0.1) is 0 Å². The number of carbonyl (C=O) groups is 1. The Hall–Kier alpha value is -1.54. The second-order valence-corrected chi connectivity index (χ2v) is 6.18. The molecule has 2 rings (SSSR count). The zero-order chi connectivity index (χ0) is 14.0. The second kappa shape index (κ2) is 5.22. The number of aromatic nitrogens is 1. The van der Waals surface area contributed by atoms with Gasteiger partial charge in [-0.3, -0.25) is 4.79 Å². The Kier molecular flexibility index (Phi) is 3.81. The van der Waals surface area contributed by atoms with Crippen LogP contribution in [0.15, 0.2) is 23.4 Å². The van der Waals surface area contributed by atoms with E-state index in [0.717, 1.165) is 10.4 Å². The third-order valence-electron chi connectivity index (χ3n) is 3.04. The maximum Gasteiger partial charge on any atom is 0.307 e. The second-order valence-electron chi connectivity index (χ2n) is 4.33. The molecule has 104 valence electrons. The predicted molar refractivity (Wildman–Crippen MR) is 63.3 cm³/mol. The molecule has 1 aliphatic rings. The topological polar surface area (TPSA) is 87.6 Å². The molecule has 1 aliphatic heterocycles. The fraction of sp³-hybridized carbons (Fsp3) is 0.455. The first-order valence-corrected chi connectivity index (χ1v) is 7.20. The molecule has 1 N–H and O–H groups in total. The molecule has 2 heterocycles. The summed E-state index contributed by atoms with van der Waals surface area (Å²) in [6, 6.07) is 2.31. The molecule has 19 heavy (non-hydrogen) atoms. The van der Waals surface area contributed by atoms with Crippen molar-refractivity contribution >= 4 is 16.0 Å². The van der Waals surface area contributed by atoms with Crippen LogP contribution in [0.5, 0.6) is 0 Å². The molecule has 0 unspecified atom stereocenters. The van der Waals surface area contributed by atoms with Crippen molar-refractivity contribution in [2.24, 2.45) is 5.92 Å². The van der Waals surface area contributed by atoms with E-state index in [1.165, 1.54) is 12.3 Å². The van der Waals surface area contributed by atoms with E-state index < -0.39 is 32.8 Å². The van der Waals surface area contributed by atoms with Crippen LogP contribution in [-0.4, -0.2) is 41.9 Å². The van der Waals surface area contributed by atoms with E-state index in [1.54, 1.807) is 0 Å². The molecule has 0 saturated carbocycles. The van der Waals surface area contributed by atoms with Crippen LogP contribution >= 0.6 is 0 Å². The van der Waals surface area contributed by atoms with Crippen molar-refractivity contribution in [1.29, 1.82) is 0 Å². The quantitative estimate of drug-likeness (QED) is 0.885. The highest BCUT2D eigenvalue weighted by molar-refractivity contribution is 7.89. The molecule has 0 bridgehead atoms. The average Bonchev–Trinajstić information content (AvgIpc) is 2.39. The number of rotatable bonds is 3. The van der Waals surface area contributed by atoms with Gasteiger partial charge in [0.1, 0.15) is 0 Å². The minimum Gasteiger partial charge on any atom is -0.481 e. The maximum atomic E-state index is 13.5. The smallest absolute Gasteiger partial charge is 0.307 e. The first kappa shape index (κ1) is 13.9. The average molecular weight is 288 g/mol. The summed E-state index contributed by atoms with van der Waals surface area (Å²) in [5.74, 6) is -2.73. The number of hydrogen-bond acceptors (Lipinski definition) is 4. The Balaban J connectivity index is 2.30. The summed E-state index contributed by atoms with van der Waals surface area (Å²) < 4.78 is 38.9. The summed E-state index contributed by atoms with van der Waals surface area (Å²) in [6.07, 6.45) is 2.05. The molecule has 0 aliphatic carbocycles. The van der Waals surface area contributed by atoms with Crippen LogP contribution in [0.4, 0.5) is 4.39 Å². The number of carboxylic acid groups (broad SMARTS) is 1. The number of pyridine rings is 1. The molecule has 0 spiro atoms. The minimum absolute atomic E-state index is 0.145. The van der Waals surface area contributed by atoms with Gasteiger partial charge in [-0.1, -0.05) is 0 Å². The molecule has 1 fully saturated rings. The van der Waals surface area contributed by atoms with E-state index in [1.807, 2.05) is 0 Å². The van der Waals surface area contributed by atoms with E-state index in [-0.39, 0.29) is 13.1 Å². The summed E-state index contributed by atoms with van der Waals surface area (Å²) in [5.41, 5.74) is 0. The number of hydrogen-bond donors (Lipinski definition) is 1. The van der Waals surface area contributed by atoms with Crippen LogP contribution in [0.3, 0.4) is 0 Å². The summed E-state index contributed by atoms with van der Waals surface area (Å²) in [5, 5.41) is 8.28. The number of piperidine rings is 1. The van der Waals surface area contributed by atoms with Crippen molar-refractivity contribution in [2.75, 3.05) is 13.1 Å². The minimum atomic E-state index is -4.08. The van der Waals surface area contributed by atoms with Gasteiger partial charge in [-0.05, 0) is 25.0 Å². The normalized spacial score (nSPS) is 21.2. The van der Waals surface area contributed by atoms with Crippen molar-refractivity contribution in [3.8, 4) is 0 Å².